The van der Waals surface area contributed by atoms with Crippen LogP contribution < -0.4 is 5.69 Å². The van der Waals surface area contributed by atoms with Crippen molar-refractivity contribution in [1.29, 1.82) is 0 Å². The third kappa shape index (κ3) is 3.42. The van der Waals surface area contributed by atoms with Gasteiger partial charge in [-0.3, -0.25) is 14.3 Å². The number of H-pyrrole nitrogens is 1. The lowest BCUT2D eigenvalue weighted by atomic mass is 9.98. The summed E-state index contributed by atoms with van der Waals surface area (Å²) in [6.07, 6.45) is 1.62. The third-order valence-corrected chi connectivity index (χ3v) is 6.39. The van der Waals surface area contributed by atoms with Gasteiger partial charge in [0.05, 0.1) is 16.6 Å². The monoisotopic (exact) mass is 430 g/mol. The Morgan fingerprint density at radius 2 is 1.61 bits per heavy atom. The van der Waals surface area contributed by atoms with Gasteiger partial charge in [0.2, 0.25) is 0 Å². The van der Waals surface area contributed by atoms with Gasteiger partial charge in [0.25, 0.3) is 5.91 Å². The molecule has 1 aromatic heterocycles. The van der Waals surface area contributed by atoms with Gasteiger partial charge in [-0.25, -0.2) is 18.0 Å². The van der Waals surface area contributed by atoms with Crippen molar-refractivity contribution in [3.63, 3.8) is 0 Å². The molecule has 6 nitrogen and oxygen atoms in total. The molecule has 2 aliphatic heterocycles. The molecule has 2 aromatic carbocycles. The van der Waals surface area contributed by atoms with E-state index in [2.05, 4.69) is 9.88 Å². The predicted molar refractivity (Wildman–Crippen MR) is 108 cm³/mol. The minimum absolute atomic E-state index is 0.103. The SMILES string of the molecule is O=C(c1cc(F)c(F)cc1F)N1CC(N2CCC(n3c(=O)[nH]c4ccccc43)CC2)C1. The van der Waals surface area contributed by atoms with E-state index in [4.69, 9.17) is 0 Å². The second kappa shape index (κ2) is 7.56. The predicted octanol–water partition coefficient (Wildman–Crippen LogP) is 2.91. The number of rotatable bonds is 3. The van der Waals surface area contributed by atoms with Crippen LogP contribution in [-0.4, -0.2) is 57.5 Å². The zero-order valence-electron chi connectivity index (χ0n) is 16.7. The van der Waals surface area contributed by atoms with E-state index in [0.29, 0.717) is 25.2 Å². The molecule has 0 bridgehead atoms. The van der Waals surface area contributed by atoms with Crippen molar-refractivity contribution in [3.05, 3.63) is 69.9 Å². The van der Waals surface area contributed by atoms with Crippen molar-refractivity contribution >= 4 is 16.9 Å². The second-order valence-electron chi connectivity index (χ2n) is 8.19. The first-order chi connectivity index (χ1) is 14.9. The number of nitrogens with one attached hydrogen (secondary N) is 1. The Morgan fingerprint density at radius 3 is 2.35 bits per heavy atom. The van der Waals surface area contributed by atoms with Crippen molar-refractivity contribution < 1.29 is 18.0 Å². The molecule has 1 N–H and O–H groups in total. The Hall–Kier alpha value is -3.07. The normalized spacial score (nSPS) is 18.5. The van der Waals surface area contributed by atoms with Crippen molar-refractivity contribution in [2.24, 2.45) is 0 Å². The van der Waals surface area contributed by atoms with Gasteiger partial charge in [-0.2, -0.15) is 0 Å². The van der Waals surface area contributed by atoms with E-state index in [0.717, 1.165) is 37.0 Å². The molecule has 0 atom stereocenters. The number of aromatic nitrogens is 2. The van der Waals surface area contributed by atoms with Gasteiger partial charge in [-0.05, 0) is 31.0 Å². The van der Waals surface area contributed by atoms with E-state index in [1.807, 2.05) is 28.8 Å². The molecule has 162 valence electrons. The summed E-state index contributed by atoms with van der Waals surface area (Å²) in [6.45, 7) is 2.38. The molecule has 0 spiro atoms. The Morgan fingerprint density at radius 1 is 0.935 bits per heavy atom. The number of para-hydroxylation sites is 2. The standard InChI is InChI=1S/C22H21F3N4O2/c23-16-10-18(25)17(24)9-15(16)21(30)28-11-14(12-28)27-7-5-13(6-8-27)29-20-4-2-1-3-19(20)26-22(29)31/h1-4,9-10,13-14H,5-8,11-12H2,(H,26,31). The summed E-state index contributed by atoms with van der Waals surface area (Å²) in [6, 6.07) is 8.89. The van der Waals surface area contributed by atoms with Crippen molar-refractivity contribution in [2.45, 2.75) is 24.9 Å². The van der Waals surface area contributed by atoms with Gasteiger partial charge in [-0.1, -0.05) is 12.1 Å². The summed E-state index contributed by atoms with van der Waals surface area (Å²) >= 11 is 0. The maximum absolute atomic E-state index is 13.9. The number of likely N-dealkylation sites (tertiary alicyclic amines) is 2. The summed E-state index contributed by atoms with van der Waals surface area (Å²) in [4.78, 5) is 31.5. The Labute approximate surface area is 175 Å². The van der Waals surface area contributed by atoms with Gasteiger partial charge >= 0.3 is 5.69 Å². The molecule has 0 aliphatic carbocycles. The highest BCUT2D eigenvalue weighted by molar-refractivity contribution is 5.95. The van der Waals surface area contributed by atoms with Gasteiger partial charge in [0, 0.05) is 44.3 Å². The summed E-state index contributed by atoms with van der Waals surface area (Å²) < 4.78 is 42.2. The lowest BCUT2D eigenvalue weighted by Gasteiger charge is -2.47. The van der Waals surface area contributed by atoms with Gasteiger partial charge in [0.15, 0.2) is 11.6 Å². The minimum atomic E-state index is -1.31. The zero-order chi connectivity index (χ0) is 21.7. The summed E-state index contributed by atoms with van der Waals surface area (Å²) in [5.74, 6) is -4.24. The summed E-state index contributed by atoms with van der Waals surface area (Å²) in [7, 11) is 0. The van der Waals surface area contributed by atoms with Crippen molar-refractivity contribution in [1.82, 2.24) is 19.4 Å². The first-order valence-electron chi connectivity index (χ1n) is 10.3. The smallest absolute Gasteiger partial charge is 0.326 e. The first kappa shape index (κ1) is 19.9. The fraction of sp³-hybridized carbons (Fsp3) is 0.364. The molecule has 0 saturated carbocycles. The third-order valence-electron chi connectivity index (χ3n) is 6.39. The molecular formula is C22H21F3N4O2. The molecule has 2 saturated heterocycles. The quantitative estimate of drug-likeness (QED) is 0.650. The lowest BCUT2D eigenvalue weighted by Crippen LogP contribution is -2.62. The van der Waals surface area contributed by atoms with E-state index < -0.39 is 28.9 Å². The van der Waals surface area contributed by atoms with E-state index >= 15 is 0 Å². The summed E-state index contributed by atoms with van der Waals surface area (Å²) in [5, 5.41) is 0. The van der Waals surface area contributed by atoms with E-state index in [1.54, 1.807) is 0 Å². The molecule has 5 rings (SSSR count). The number of aromatic amines is 1. The average molecular weight is 430 g/mol. The molecule has 2 fully saturated rings. The number of carbonyl (C=O) groups is 1. The number of piperidine rings is 1. The number of halogens is 3. The number of hydrogen-bond donors (Lipinski definition) is 1. The molecule has 31 heavy (non-hydrogen) atoms. The minimum Gasteiger partial charge on any atom is -0.335 e. The molecule has 0 unspecified atom stereocenters. The van der Waals surface area contributed by atoms with Crippen molar-refractivity contribution in [3.8, 4) is 0 Å². The maximum Gasteiger partial charge on any atom is 0.326 e. The van der Waals surface area contributed by atoms with E-state index in [-0.39, 0.29) is 17.8 Å². The van der Waals surface area contributed by atoms with Crippen LogP contribution in [0, 0.1) is 17.5 Å². The number of fused-ring (bicyclic) bond motifs is 1. The van der Waals surface area contributed by atoms with Crippen LogP contribution in [0.4, 0.5) is 13.2 Å². The lowest BCUT2D eigenvalue weighted by molar-refractivity contribution is 0.0150. The number of benzene rings is 2. The molecular weight excluding hydrogens is 409 g/mol. The van der Waals surface area contributed by atoms with Crippen LogP contribution in [0.15, 0.2) is 41.2 Å². The molecule has 1 amide bonds. The largest absolute Gasteiger partial charge is 0.335 e. The number of nitrogens with zero attached hydrogens (tertiary/aromatic N) is 3. The maximum atomic E-state index is 13.9. The second-order valence-corrected chi connectivity index (χ2v) is 8.19. The zero-order valence-corrected chi connectivity index (χ0v) is 16.7. The van der Waals surface area contributed by atoms with Crippen LogP contribution in [0.1, 0.15) is 29.2 Å². The van der Waals surface area contributed by atoms with Crippen molar-refractivity contribution in [2.75, 3.05) is 26.2 Å². The number of hydrogen-bond acceptors (Lipinski definition) is 3. The molecule has 3 heterocycles. The number of carbonyl (C=O) groups excluding carboxylic acids is 1. The molecule has 2 aliphatic rings. The van der Waals surface area contributed by atoms with Crippen LogP contribution in [0.3, 0.4) is 0 Å². The Bertz CT molecular complexity index is 1210. The van der Waals surface area contributed by atoms with Crippen LogP contribution in [-0.2, 0) is 0 Å². The molecule has 0 radical (unpaired) electrons. The highest BCUT2D eigenvalue weighted by Crippen LogP contribution is 2.28. The highest BCUT2D eigenvalue weighted by atomic mass is 19.2. The molecule has 3 aromatic rings. The van der Waals surface area contributed by atoms with Gasteiger partial charge < -0.3 is 9.88 Å². The van der Waals surface area contributed by atoms with Crippen LogP contribution in [0.5, 0.6) is 0 Å². The van der Waals surface area contributed by atoms with Gasteiger partial charge in [0.1, 0.15) is 5.82 Å². The first-order valence-corrected chi connectivity index (χ1v) is 10.3. The van der Waals surface area contributed by atoms with Gasteiger partial charge in [-0.15, -0.1) is 0 Å². The van der Waals surface area contributed by atoms with E-state index in [9.17, 15) is 22.8 Å². The number of imidazole rings is 1. The Kier molecular flexibility index (Phi) is 4.85. The molecule has 9 heteroatoms. The summed E-state index contributed by atoms with van der Waals surface area (Å²) in [5.41, 5.74) is 1.18. The van der Waals surface area contributed by atoms with Crippen LogP contribution in [0.25, 0.3) is 11.0 Å². The number of amides is 1. The topological polar surface area (TPSA) is 61.3 Å². The fourth-order valence-corrected chi connectivity index (χ4v) is 4.65. The fourth-order valence-electron chi connectivity index (χ4n) is 4.65. The van der Waals surface area contributed by atoms with Crippen LogP contribution >= 0.6 is 0 Å². The highest BCUT2D eigenvalue weighted by Gasteiger charge is 2.38. The van der Waals surface area contributed by atoms with E-state index in [1.165, 1.54) is 4.90 Å². The average Bonchev–Trinajstić information content (AvgIpc) is 3.06. The van der Waals surface area contributed by atoms with Crippen LogP contribution in [0.2, 0.25) is 0 Å². The Balaban J connectivity index is 1.20.